The van der Waals surface area contributed by atoms with Gasteiger partial charge in [-0.25, -0.2) is 8.78 Å². The average molecular weight is 274 g/mol. The smallest absolute Gasteiger partial charge is 0.230 e. The van der Waals surface area contributed by atoms with Crippen LogP contribution in [0.5, 0.6) is 0 Å². The second kappa shape index (κ2) is 7.33. The normalized spacial score (nSPS) is 10.4. The van der Waals surface area contributed by atoms with Crippen molar-refractivity contribution in [3.05, 3.63) is 29.3 Å². The molecule has 3 N–H and O–H groups in total. The zero-order chi connectivity index (χ0) is 13.5. The lowest BCUT2D eigenvalue weighted by Crippen LogP contribution is -2.25. The highest BCUT2D eigenvalue weighted by molar-refractivity contribution is 8.00. The van der Waals surface area contributed by atoms with Gasteiger partial charge in [-0.05, 0) is 24.1 Å². The van der Waals surface area contributed by atoms with Gasteiger partial charge in [0.15, 0.2) is 0 Å². The molecule has 6 heteroatoms. The lowest BCUT2D eigenvalue weighted by atomic mass is 10.2. The van der Waals surface area contributed by atoms with Crippen LogP contribution in [0.2, 0.25) is 0 Å². The van der Waals surface area contributed by atoms with Gasteiger partial charge in [-0.2, -0.15) is 0 Å². The highest BCUT2D eigenvalue weighted by Gasteiger charge is 2.13. The Morgan fingerprint density at radius 2 is 2.00 bits per heavy atom. The molecule has 0 saturated heterocycles. The third kappa shape index (κ3) is 4.27. The summed E-state index contributed by atoms with van der Waals surface area (Å²) in [4.78, 5) is 11.2. The molecular weight excluding hydrogens is 258 g/mol. The van der Waals surface area contributed by atoms with Crippen LogP contribution in [-0.4, -0.2) is 18.2 Å². The summed E-state index contributed by atoms with van der Waals surface area (Å²) in [6.07, 6.45) is 0.824. The van der Waals surface area contributed by atoms with Crippen LogP contribution < -0.4 is 11.1 Å². The Bertz CT molecular complexity index is 404. The van der Waals surface area contributed by atoms with Gasteiger partial charge in [0.1, 0.15) is 11.6 Å². The van der Waals surface area contributed by atoms with Gasteiger partial charge in [0.05, 0.1) is 10.6 Å². The van der Waals surface area contributed by atoms with Gasteiger partial charge in [0.25, 0.3) is 0 Å². The fourth-order valence-electron chi connectivity index (χ4n) is 1.32. The number of carbonyl (C=O) groups excluding carboxylic acids is 1. The molecule has 0 heterocycles. The standard InChI is InChI=1S/C12H16F2N2OS/c1-2-3-16-11(17)7-18-12-9(13)4-8(6-15)5-10(12)14/h4-5H,2-3,6-7,15H2,1H3,(H,16,17). The zero-order valence-electron chi connectivity index (χ0n) is 10.1. The van der Waals surface area contributed by atoms with Crippen molar-refractivity contribution < 1.29 is 13.6 Å². The van der Waals surface area contributed by atoms with Crippen LogP contribution in [0.15, 0.2) is 17.0 Å². The van der Waals surface area contributed by atoms with E-state index in [0.717, 1.165) is 18.2 Å². The molecule has 1 aromatic carbocycles. The minimum absolute atomic E-state index is 0.00416. The molecule has 1 rings (SSSR count). The Labute approximate surface area is 109 Å². The van der Waals surface area contributed by atoms with Crippen LogP contribution in [-0.2, 0) is 11.3 Å². The summed E-state index contributed by atoms with van der Waals surface area (Å²) in [5, 5.41) is 2.64. The average Bonchev–Trinajstić information content (AvgIpc) is 2.34. The number of nitrogens with one attached hydrogen (secondary N) is 1. The maximum Gasteiger partial charge on any atom is 0.230 e. The summed E-state index contributed by atoms with van der Waals surface area (Å²) < 4.78 is 27.1. The van der Waals surface area contributed by atoms with E-state index in [-0.39, 0.29) is 23.1 Å². The quantitative estimate of drug-likeness (QED) is 0.781. The predicted octanol–water partition coefficient (Wildman–Crippen LogP) is 2.04. The van der Waals surface area contributed by atoms with Gasteiger partial charge in [0, 0.05) is 13.1 Å². The number of thioether (sulfide) groups is 1. The van der Waals surface area contributed by atoms with E-state index in [2.05, 4.69) is 5.32 Å². The molecule has 0 aliphatic carbocycles. The first-order valence-corrected chi connectivity index (χ1v) is 6.64. The molecule has 0 aliphatic heterocycles. The highest BCUT2D eigenvalue weighted by atomic mass is 32.2. The van der Waals surface area contributed by atoms with Gasteiger partial charge < -0.3 is 11.1 Å². The lowest BCUT2D eigenvalue weighted by molar-refractivity contribution is -0.118. The van der Waals surface area contributed by atoms with Gasteiger partial charge >= 0.3 is 0 Å². The van der Waals surface area contributed by atoms with Crippen molar-refractivity contribution in [1.29, 1.82) is 0 Å². The molecular formula is C12H16F2N2OS. The first kappa shape index (κ1) is 14.9. The van der Waals surface area contributed by atoms with E-state index in [1.54, 1.807) is 0 Å². The van der Waals surface area contributed by atoms with Gasteiger partial charge in [-0.15, -0.1) is 11.8 Å². The van der Waals surface area contributed by atoms with Crippen molar-refractivity contribution >= 4 is 17.7 Å². The zero-order valence-corrected chi connectivity index (χ0v) is 10.9. The molecule has 18 heavy (non-hydrogen) atoms. The Hall–Kier alpha value is -1.14. The fourth-order valence-corrected chi connectivity index (χ4v) is 2.09. The first-order valence-electron chi connectivity index (χ1n) is 5.66. The Kier molecular flexibility index (Phi) is 6.07. The number of halogens is 2. The van der Waals surface area contributed by atoms with E-state index in [4.69, 9.17) is 5.73 Å². The monoisotopic (exact) mass is 274 g/mol. The first-order chi connectivity index (χ1) is 8.58. The number of nitrogens with two attached hydrogens (primary N) is 1. The molecule has 0 bridgehead atoms. The van der Waals surface area contributed by atoms with E-state index < -0.39 is 11.6 Å². The summed E-state index contributed by atoms with van der Waals surface area (Å²) in [7, 11) is 0. The van der Waals surface area contributed by atoms with Crippen LogP contribution in [0.1, 0.15) is 18.9 Å². The third-order valence-electron chi connectivity index (χ3n) is 2.21. The summed E-state index contributed by atoms with van der Waals surface area (Å²) in [5.74, 6) is -1.59. The molecule has 1 amide bonds. The van der Waals surface area contributed by atoms with Crippen LogP contribution in [0.25, 0.3) is 0 Å². The Morgan fingerprint density at radius 3 is 2.50 bits per heavy atom. The van der Waals surface area contributed by atoms with E-state index in [1.807, 2.05) is 6.92 Å². The third-order valence-corrected chi connectivity index (χ3v) is 3.30. The predicted molar refractivity (Wildman–Crippen MR) is 68.3 cm³/mol. The van der Waals surface area contributed by atoms with E-state index in [0.29, 0.717) is 12.1 Å². The number of rotatable bonds is 6. The van der Waals surface area contributed by atoms with Crippen molar-refractivity contribution in [3.8, 4) is 0 Å². The maximum absolute atomic E-state index is 13.6. The topological polar surface area (TPSA) is 55.1 Å². The minimum Gasteiger partial charge on any atom is -0.355 e. The summed E-state index contributed by atoms with van der Waals surface area (Å²) >= 11 is 0.849. The van der Waals surface area contributed by atoms with Crippen molar-refractivity contribution in [3.63, 3.8) is 0 Å². The molecule has 3 nitrogen and oxygen atoms in total. The van der Waals surface area contributed by atoms with Crippen LogP contribution >= 0.6 is 11.8 Å². The SMILES string of the molecule is CCCNC(=O)CSc1c(F)cc(CN)cc1F. The lowest BCUT2D eigenvalue weighted by Gasteiger charge is -2.07. The van der Waals surface area contributed by atoms with Crippen molar-refractivity contribution in [1.82, 2.24) is 5.32 Å². The van der Waals surface area contributed by atoms with Gasteiger partial charge in [-0.1, -0.05) is 6.92 Å². The van der Waals surface area contributed by atoms with Crippen molar-refractivity contribution in [2.45, 2.75) is 24.8 Å². The minimum atomic E-state index is -0.677. The summed E-state index contributed by atoms with van der Waals surface area (Å²) in [6, 6.07) is 2.38. The van der Waals surface area contributed by atoms with Crippen LogP contribution in [0.4, 0.5) is 8.78 Å². The fraction of sp³-hybridized carbons (Fsp3) is 0.417. The molecule has 100 valence electrons. The highest BCUT2D eigenvalue weighted by Crippen LogP contribution is 2.26. The van der Waals surface area contributed by atoms with Crippen LogP contribution in [0, 0.1) is 11.6 Å². The summed E-state index contributed by atoms with van der Waals surface area (Å²) in [6.45, 7) is 2.57. The van der Waals surface area contributed by atoms with E-state index in [1.165, 1.54) is 12.1 Å². The second-order valence-electron chi connectivity index (χ2n) is 3.73. The van der Waals surface area contributed by atoms with Crippen LogP contribution in [0.3, 0.4) is 0 Å². The van der Waals surface area contributed by atoms with Gasteiger partial charge in [-0.3, -0.25) is 4.79 Å². The van der Waals surface area contributed by atoms with Crippen molar-refractivity contribution in [2.24, 2.45) is 5.73 Å². The Morgan fingerprint density at radius 1 is 1.39 bits per heavy atom. The molecule has 0 radical (unpaired) electrons. The van der Waals surface area contributed by atoms with Gasteiger partial charge in [0.2, 0.25) is 5.91 Å². The number of amides is 1. The number of hydrogen-bond acceptors (Lipinski definition) is 3. The maximum atomic E-state index is 13.6. The number of benzene rings is 1. The summed E-state index contributed by atoms with van der Waals surface area (Å²) in [5.41, 5.74) is 5.70. The molecule has 0 unspecified atom stereocenters. The largest absolute Gasteiger partial charge is 0.355 e. The molecule has 0 spiro atoms. The van der Waals surface area contributed by atoms with Crippen molar-refractivity contribution in [2.75, 3.05) is 12.3 Å². The molecule has 0 aliphatic rings. The van der Waals surface area contributed by atoms with E-state index >= 15 is 0 Å². The molecule has 0 aromatic heterocycles. The number of carbonyl (C=O) groups is 1. The molecule has 0 atom stereocenters. The molecule has 1 aromatic rings. The molecule has 0 saturated carbocycles. The van der Waals surface area contributed by atoms with E-state index in [9.17, 15) is 13.6 Å². The molecule has 0 fully saturated rings. The Balaban J connectivity index is 2.65. The number of hydrogen-bond donors (Lipinski definition) is 2. The second-order valence-corrected chi connectivity index (χ2v) is 4.72.